The van der Waals surface area contributed by atoms with Crippen molar-refractivity contribution >= 4 is 29.7 Å². The van der Waals surface area contributed by atoms with Gasteiger partial charge < -0.3 is 21.1 Å². The first-order valence-corrected chi connectivity index (χ1v) is 7.72. The molecule has 0 unspecified atom stereocenters. The largest absolute Gasteiger partial charge is 0.435 e. The predicted molar refractivity (Wildman–Crippen MR) is 101 cm³/mol. The van der Waals surface area contributed by atoms with Gasteiger partial charge in [-0.15, -0.1) is 12.4 Å². The lowest BCUT2D eigenvalue weighted by Crippen LogP contribution is -2.45. The van der Waals surface area contributed by atoms with Gasteiger partial charge in [-0.1, -0.05) is 12.1 Å². The van der Waals surface area contributed by atoms with E-state index < -0.39 is 12.2 Å². The van der Waals surface area contributed by atoms with Crippen molar-refractivity contribution in [2.24, 2.45) is 5.73 Å². The van der Waals surface area contributed by atoms with Gasteiger partial charge in [0.1, 0.15) is 5.75 Å². The van der Waals surface area contributed by atoms with Crippen molar-refractivity contribution in [1.82, 2.24) is 5.32 Å². The molecular weight excluding hydrogens is 364 g/mol. The first-order valence-electron chi connectivity index (χ1n) is 7.72. The lowest BCUT2D eigenvalue weighted by Gasteiger charge is -2.19. The zero-order chi connectivity index (χ0) is 18.4. The average Bonchev–Trinajstić information content (AvgIpc) is 2.54. The van der Waals surface area contributed by atoms with Crippen LogP contribution in [0.3, 0.4) is 0 Å². The van der Waals surface area contributed by atoms with Crippen LogP contribution >= 0.6 is 12.4 Å². The van der Waals surface area contributed by atoms with Crippen LogP contribution in [0.5, 0.6) is 5.75 Å². The van der Waals surface area contributed by atoms with Crippen molar-refractivity contribution in [2.45, 2.75) is 26.0 Å². The predicted octanol–water partition coefficient (Wildman–Crippen LogP) is 3.92. The molecule has 2 aromatic carbocycles. The SMILES string of the molecule is CC(C)(N)CNC(=O)c1ccccc1Nc1ccc(OC(F)F)cc1.Cl. The van der Waals surface area contributed by atoms with Crippen molar-refractivity contribution < 1.29 is 18.3 Å². The number of ether oxygens (including phenoxy) is 1. The minimum Gasteiger partial charge on any atom is -0.435 e. The summed E-state index contributed by atoms with van der Waals surface area (Å²) in [5.41, 5.74) is 7.05. The molecule has 0 aliphatic carbocycles. The molecule has 0 aliphatic rings. The fourth-order valence-electron chi connectivity index (χ4n) is 2.07. The Kier molecular flexibility index (Phi) is 7.79. The summed E-state index contributed by atoms with van der Waals surface area (Å²) in [6.07, 6.45) is 0. The molecule has 0 spiro atoms. The fraction of sp³-hybridized carbons (Fsp3) is 0.278. The Morgan fingerprint density at radius 2 is 1.77 bits per heavy atom. The van der Waals surface area contributed by atoms with Crippen molar-refractivity contribution in [3.8, 4) is 5.75 Å². The second-order valence-electron chi connectivity index (χ2n) is 6.24. The number of carbonyl (C=O) groups is 1. The van der Waals surface area contributed by atoms with E-state index in [0.717, 1.165) is 0 Å². The maximum atomic E-state index is 12.4. The van der Waals surface area contributed by atoms with Gasteiger partial charge >= 0.3 is 6.61 Å². The third-order valence-corrected chi connectivity index (χ3v) is 3.23. The summed E-state index contributed by atoms with van der Waals surface area (Å²) in [5.74, 6) is -0.184. The van der Waals surface area contributed by atoms with E-state index in [1.54, 1.807) is 36.4 Å². The number of rotatable bonds is 7. The summed E-state index contributed by atoms with van der Waals surface area (Å²) in [6.45, 7) is 1.11. The monoisotopic (exact) mass is 385 g/mol. The highest BCUT2D eigenvalue weighted by molar-refractivity contribution is 6.00. The standard InChI is InChI=1S/C18H21F2N3O2.ClH/c1-18(2,21)11-22-16(24)14-5-3-4-6-15(14)23-12-7-9-13(10-8-12)25-17(19)20;/h3-10,17,23H,11,21H2,1-2H3,(H,22,24);1H. The van der Waals surface area contributed by atoms with Crippen LogP contribution in [0.2, 0.25) is 0 Å². The van der Waals surface area contributed by atoms with Crippen LogP contribution in [0.1, 0.15) is 24.2 Å². The van der Waals surface area contributed by atoms with Gasteiger partial charge in [-0.25, -0.2) is 0 Å². The molecule has 2 aromatic rings. The zero-order valence-corrected chi connectivity index (χ0v) is 15.3. The normalized spacial score (nSPS) is 10.8. The maximum absolute atomic E-state index is 12.4. The Bertz CT molecular complexity index is 719. The highest BCUT2D eigenvalue weighted by Gasteiger charge is 2.15. The van der Waals surface area contributed by atoms with Crippen molar-refractivity contribution in [2.75, 3.05) is 11.9 Å². The Morgan fingerprint density at radius 3 is 2.35 bits per heavy atom. The summed E-state index contributed by atoms with van der Waals surface area (Å²) in [5, 5.41) is 5.88. The van der Waals surface area contributed by atoms with Crippen LogP contribution in [0.4, 0.5) is 20.2 Å². The lowest BCUT2D eigenvalue weighted by atomic mass is 10.1. The number of nitrogens with two attached hydrogens (primary N) is 1. The van der Waals surface area contributed by atoms with Crippen LogP contribution in [0, 0.1) is 0 Å². The van der Waals surface area contributed by atoms with Crippen LogP contribution in [0.25, 0.3) is 0 Å². The molecule has 0 bridgehead atoms. The second kappa shape index (κ2) is 9.35. The van der Waals surface area contributed by atoms with Gasteiger partial charge in [-0.2, -0.15) is 8.78 Å². The van der Waals surface area contributed by atoms with E-state index in [2.05, 4.69) is 15.4 Å². The molecular formula is C18H22ClF2N3O2. The number of anilines is 2. The van der Waals surface area contributed by atoms with E-state index in [1.165, 1.54) is 12.1 Å². The van der Waals surface area contributed by atoms with Gasteiger partial charge in [0.15, 0.2) is 0 Å². The number of hydrogen-bond donors (Lipinski definition) is 3. The first kappa shape index (κ1) is 21.7. The Balaban J connectivity index is 0.00000338. The van der Waals surface area contributed by atoms with Crippen molar-refractivity contribution in [3.05, 3.63) is 54.1 Å². The number of para-hydroxylation sites is 1. The van der Waals surface area contributed by atoms with E-state index in [9.17, 15) is 13.6 Å². The number of benzene rings is 2. The summed E-state index contributed by atoms with van der Waals surface area (Å²) in [6, 6.07) is 13.0. The van der Waals surface area contributed by atoms with Gasteiger partial charge in [0.25, 0.3) is 5.91 Å². The molecule has 142 valence electrons. The third kappa shape index (κ3) is 6.85. The maximum Gasteiger partial charge on any atom is 0.387 e. The molecule has 0 atom stereocenters. The van der Waals surface area contributed by atoms with Crippen LogP contribution in [-0.4, -0.2) is 24.6 Å². The van der Waals surface area contributed by atoms with Crippen LogP contribution in [-0.2, 0) is 0 Å². The number of alkyl halides is 2. The molecule has 4 N–H and O–H groups in total. The molecule has 0 saturated carbocycles. The third-order valence-electron chi connectivity index (χ3n) is 3.23. The average molecular weight is 386 g/mol. The Morgan fingerprint density at radius 1 is 1.15 bits per heavy atom. The highest BCUT2D eigenvalue weighted by Crippen LogP contribution is 2.23. The van der Waals surface area contributed by atoms with E-state index in [4.69, 9.17) is 5.73 Å². The highest BCUT2D eigenvalue weighted by atomic mass is 35.5. The topological polar surface area (TPSA) is 76.4 Å². The fourth-order valence-corrected chi connectivity index (χ4v) is 2.07. The van der Waals surface area contributed by atoms with Gasteiger partial charge in [0.05, 0.1) is 11.3 Å². The van der Waals surface area contributed by atoms with Gasteiger partial charge in [0.2, 0.25) is 0 Å². The summed E-state index contributed by atoms with van der Waals surface area (Å²) >= 11 is 0. The number of nitrogens with one attached hydrogen (secondary N) is 2. The molecule has 2 rings (SSSR count). The lowest BCUT2D eigenvalue weighted by molar-refractivity contribution is -0.0498. The minimum absolute atomic E-state index is 0. The number of hydrogen-bond acceptors (Lipinski definition) is 4. The molecule has 26 heavy (non-hydrogen) atoms. The smallest absolute Gasteiger partial charge is 0.387 e. The van der Waals surface area contributed by atoms with Gasteiger partial charge in [-0.3, -0.25) is 4.79 Å². The number of halogens is 3. The van der Waals surface area contributed by atoms with E-state index in [0.29, 0.717) is 23.5 Å². The summed E-state index contributed by atoms with van der Waals surface area (Å²) < 4.78 is 28.7. The Labute approximate surface area is 157 Å². The number of amides is 1. The summed E-state index contributed by atoms with van der Waals surface area (Å²) in [7, 11) is 0. The number of carbonyl (C=O) groups excluding carboxylic acids is 1. The second-order valence-corrected chi connectivity index (χ2v) is 6.24. The molecule has 0 heterocycles. The quantitative estimate of drug-likeness (QED) is 0.675. The molecule has 1 amide bonds. The zero-order valence-electron chi connectivity index (χ0n) is 14.5. The van der Waals surface area contributed by atoms with E-state index >= 15 is 0 Å². The van der Waals surface area contributed by atoms with Gasteiger partial charge in [-0.05, 0) is 50.2 Å². The minimum atomic E-state index is -2.87. The Hall–Kier alpha value is -2.38. The van der Waals surface area contributed by atoms with Crippen LogP contribution in [0.15, 0.2) is 48.5 Å². The molecule has 0 aromatic heterocycles. The van der Waals surface area contributed by atoms with E-state index in [1.807, 2.05) is 13.8 Å². The molecule has 8 heteroatoms. The molecule has 0 saturated heterocycles. The molecule has 0 aliphatic heterocycles. The van der Waals surface area contributed by atoms with Crippen LogP contribution < -0.4 is 21.1 Å². The molecule has 0 fully saturated rings. The summed E-state index contributed by atoms with van der Waals surface area (Å²) in [4.78, 5) is 12.4. The van der Waals surface area contributed by atoms with Crippen molar-refractivity contribution in [1.29, 1.82) is 0 Å². The van der Waals surface area contributed by atoms with E-state index in [-0.39, 0.29) is 24.1 Å². The molecule has 5 nitrogen and oxygen atoms in total. The molecule has 0 radical (unpaired) electrons. The van der Waals surface area contributed by atoms with Crippen molar-refractivity contribution in [3.63, 3.8) is 0 Å². The van der Waals surface area contributed by atoms with Gasteiger partial charge in [0, 0.05) is 17.8 Å². The first-order chi connectivity index (χ1) is 11.7.